The summed E-state index contributed by atoms with van der Waals surface area (Å²) in [4.78, 5) is 2.20. The van der Waals surface area contributed by atoms with Gasteiger partial charge >= 0.3 is 0 Å². The van der Waals surface area contributed by atoms with Crippen LogP contribution in [0, 0.1) is 23.6 Å². The van der Waals surface area contributed by atoms with Gasteiger partial charge in [0.1, 0.15) is 11.6 Å². The lowest BCUT2D eigenvalue weighted by molar-refractivity contribution is 0.289. The van der Waals surface area contributed by atoms with Crippen LogP contribution in [-0.4, -0.2) is 30.6 Å². The van der Waals surface area contributed by atoms with Gasteiger partial charge in [-0.05, 0) is 74.4 Å². The number of aromatic hydroxyl groups is 1. The molecule has 2 nitrogen and oxygen atoms in total. The molecular formula is C17H22FNO. The molecule has 1 aromatic rings. The first-order valence-corrected chi connectivity index (χ1v) is 7.39. The lowest BCUT2D eigenvalue weighted by Crippen LogP contribution is -2.29. The fourth-order valence-corrected chi connectivity index (χ4v) is 3.89. The summed E-state index contributed by atoms with van der Waals surface area (Å²) in [5, 5.41) is 9.66. The second-order valence-corrected chi connectivity index (χ2v) is 6.52. The van der Waals surface area contributed by atoms with Gasteiger partial charge in [0.15, 0.2) is 0 Å². The van der Waals surface area contributed by atoms with Gasteiger partial charge in [0.2, 0.25) is 0 Å². The zero-order valence-electron chi connectivity index (χ0n) is 12.1. The standard InChI is InChI=1S/C17H22FNO/c1-19(2)10-17-12-4-3-11(5-12)6-16(17)13-7-14(18)9-15(20)8-13/h6-9,11-12,17,20H,3-5,10H2,1-2H3/t11?,12?,17-/m0/s1. The highest BCUT2D eigenvalue weighted by Gasteiger charge is 2.37. The van der Waals surface area contributed by atoms with Crippen LogP contribution >= 0.6 is 0 Å². The Morgan fingerprint density at radius 1 is 1.25 bits per heavy atom. The maximum absolute atomic E-state index is 13.6. The molecule has 2 aliphatic rings. The van der Waals surface area contributed by atoms with E-state index in [1.54, 1.807) is 12.1 Å². The van der Waals surface area contributed by atoms with E-state index < -0.39 is 0 Å². The Labute approximate surface area is 119 Å². The van der Waals surface area contributed by atoms with Crippen LogP contribution in [0.1, 0.15) is 24.8 Å². The maximum Gasteiger partial charge on any atom is 0.127 e. The number of halogens is 1. The number of benzene rings is 1. The number of hydrogen-bond acceptors (Lipinski definition) is 2. The molecule has 1 fully saturated rings. The minimum atomic E-state index is -0.359. The van der Waals surface area contributed by atoms with Crippen molar-refractivity contribution in [1.29, 1.82) is 0 Å². The van der Waals surface area contributed by atoms with Crippen molar-refractivity contribution >= 4 is 5.57 Å². The molecule has 0 spiro atoms. The molecule has 2 unspecified atom stereocenters. The van der Waals surface area contributed by atoms with E-state index in [2.05, 4.69) is 25.1 Å². The van der Waals surface area contributed by atoms with Crippen molar-refractivity contribution in [3.8, 4) is 5.75 Å². The average molecular weight is 275 g/mol. The lowest BCUT2D eigenvalue weighted by Gasteiger charge is -2.32. The maximum atomic E-state index is 13.6. The van der Waals surface area contributed by atoms with Gasteiger partial charge < -0.3 is 10.0 Å². The first-order chi connectivity index (χ1) is 9.52. The Morgan fingerprint density at radius 2 is 2.05 bits per heavy atom. The van der Waals surface area contributed by atoms with E-state index in [-0.39, 0.29) is 11.6 Å². The van der Waals surface area contributed by atoms with Crippen LogP contribution in [-0.2, 0) is 0 Å². The van der Waals surface area contributed by atoms with Gasteiger partial charge in [0, 0.05) is 12.6 Å². The number of rotatable bonds is 3. The van der Waals surface area contributed by atoms with Crippen molar-refractivity contribution in [2.75, 3.05) is 20.6 Å². The zero-order valence-corrected chi connectivity index (χ0v) is 12.1. The van der Waals surface area contributed by atoms with Crippen LogP contribution in [0.25, 0.3) is 5.57 Å². The van der Waals surface area contributed by atoms with Crippen LogP contribution in [0.4, 0.5) is 4.39 Å². The monoisotopic (exact) mass is 275 g/mol. The normalized spacial score (nSPS) is 28.8. The highest BCUT2D eigenvalue weighted by Crippen LogP contribution is 2.48. The Morgan fingerprint density at radius 3 is 2.75 bits per heavy atom. The minimum absolute atomic E-state index is 0.0161. The van der Waals surface area contributed by atoms with Gasteiger partial charge in [-0.3, -0.25) is 0 Å². The van der Waals surface area contributed by atoms with Crippen molar-refractivity contribution in [2.45, 2.75) is 19.3 Å². The summed E-state index contributed by atoms with van der Waals surface area (Å²) < 4.78 is 13.6. The van der Waals surface area contributed by atoms with Crippen LogP contribution in [0.15, 0.2) is 24.3 Å². The number of phenolic OH excluding ortho intramolecular Hbond substituents is 1. The molecule has 108 valence electrons. The van der Waals surface area contributed by atoms with Gasteiger partial charge in [-0.2, -0.15) is 0 Å². The van der Waals surface area contributed by atoms with Crippen molar-refractivity contribution in [3.05, 3.63) is 35.7 Å². The molecule has 0 heterocycles. The molecule has 0 aromatic heterocycles. The Hall–Kier alpha value is -1.35. The van der Waals surface area contributed by atoms with E-state index in [4.69, 9.17) is 0 Å². The molecule has 1 saturated carbocycles. The summed E-state index contributed by atoms with van der Waals surface area (Å²) in [6, 6.07) is 4.42. The van der Waals surface area contributed by atoms with Crippen molar-refractivity contribution in [3.63, 3.8) is 0 Å². The van der Waals surface area contributed by atoms with Gasteiger partial charge in [0.05, 0.1) is 0 Å². The average Bonchev–Trinajstić information content (AvgIpc) is 2.74. The van der Waals surface area contributed by atoms with E-state index in [1.165, 1.54) is 30.9 Å². The third-order valence-corrected chi connectivity index (χ3v) is 4.68. The van der Waals surface area contributed by atoms with E-state index in [9.17, 15) is 9.50 Å². The molecule has 20 heavy (non-hydrogen) atoms. The summed E-state index contributed by atoms with van der Waals surface area (Å²) in [5.74, 6) is 1.45. The number of phenols is 1. The molecule has 3 heteroatoms. The third-order valence-electron chi connectivity index (χ3n) is 4.68. The van der Waals surface area contributed by atoms with E-state index in [0.717, 1.165) is 12.1 Å². The minimum Gasteiger partial charge on any atom is -0.508 e. The topological polar surface area (TPSA) is 23.5 Å². The summed E-state index contributed by atoms with van der Waals surface area (Å²) in [5.41, 5.74) is 2.08. The molecule has 3 rings (SSSR count). The Kier molecular flexibility index (Phi) is 3.55. The van der Waals surface area contributed by atoms with Gasteiger partial charge in [-0.25, -0.2) is 4.39 Å². The van der Waals surface area contributed by atoms with Crippen molar-refractivity contribution in [1.82, 2.24) is 4.90 Å². The Balaban J connectivity index is 1.99. The summed E-state index contributed by atoms with van der Waals surface area (Å²) in [6.45, 7) is 0.987. The van der Waals surface area contributed by atoms with Gasteiger partial charge in [-0.15, -0.1) is 0 Å². The lowest BCUT2D eigenvalue weighted by atomic mass is 9.76. The molecular weight excluding hydrogens is 253 g/mol. The summed E-state index contributed by atoms with van der Waals surface area (Å²) in [6.07, 6.45) is 6.11. The molecule has 1 aromatic carbocycles. The SMILES string of the molecule is CN(C)C[C@@H]1C(c2cc(O)cc(F)c2)=CC2CCC1C2. The highest BCUT2D eigenvalue weighted by molar-refractivity contribution is 5.70. The molecule has 0 saturated heterocycles. The van der Waals surface area contributed by atoms with E-state index in [1.807, 2.05) is 0 Å². The first-order valence-electron chi connectivity index (χ1n) is 7.39. The largest absolute Gasteiger partial charge is 0.508 e. The number of allylic oxidation sites excluding steroid dienone is 1. The van der Waals surface area contributed by atoms with Crippen LogP contribution < -0.4 is 0 Å². The van der Waals surface area contributed by atoms with Gasteiger partial charge in [-0.1, -0.05) is 6.08 Å². The second-order valence-electron chi connectivity index (χ2n) is 6.52. The number of nitrogens with zero attached hydrogens (tertiary/aromatic N) is 1. The fourth-order valence-electron chi connectivity index (χ4n) is 3.89. The first kappa shape index (κ1) is 13.6. The number of hydrogen-bond donors (Lipinski definition) is 1. The quantitative estimate of drug-likeness (QED) is 0.912. The molecule has 0 amide bonds. The van der Waals surface area contributed by atoms with Crippen LogP contribution in [0.5, 0.6) is 5.75 Å². The van der Waals surface area contributed by atoms with E-state index >= 15 is 0 Å². The third kappa shape index (κ3) is 2.59. The number of fused-ring (bicyclic) bond motifs is 2. The van der Waals surface area contributed by atoms with Crippen molar-refractivity contribution in [2.24, 2.45) is 17.8 Å². The van der Waals surface area contributed by atoms with Crippen LogP contribution in [0.2, 0.25) is 0 Å². The van der Waals surface area contributed by atoms with Crippen molar-refractivity contribution < 1.29 is 9.50 Å². The van der Waals surface area contributed by atoms with E-state index in [0.29, 0.717) is 17.8 Å². The predicted octanol–water partition coefficient (Wildman–Crippen LogP) is 3.52. The predicted molar refractivity (Wildman–Crippen MR) is 78.9 cm³/mol. The zero-order chi connectivity index (χ0) is 14.3. The van der Waals surface area contributed by atoms with Gasteiger partial charge in [0.25, 0.3) is 0 Å². The molecule has 3 atom stereocenters. The summed E-state index contributed by atoms with van der Waals surface area (Å²) in [7, 11) is 4.17. The molecule has 2 bridgehead atoms. The molecule has 2 aliphatic carbocycles. The summed E-state index contributed by atoms with van der Waals surface area (Å²) >= 11 is 0. The molecule has 1 N–H and O–H groups in total. The Bertz CT molecular complexity index is 518. The fraction of sp³-hybridized carbons (Fsp3) is 0.529. The second kappa shape index (κ2) is 5.21. The molecule has 0 radical (unpaired) electrons. The highest BCUT2D eigenvalue weighted by atomic mass is 19.1. The van der Waals surface area contributed by atoms with Crippen LogP contribution in [0.3, 0.4) is 0 Å². The molecule has 0 aliphatic heterocycles. The smallest absolute Gasteiger partial charge is 0.127 e.